The molecule has 0 amide bonds. The van der Waals surface area contributed by atoms with Gasteiger partial charge in [0.05, 0.1) is 0 Å². The normalized spacial score (nSPS) is 25.3. The molecule has 1 aromatic rings. The number of nitrogens with zero attached hydrogens (tertiary/aromatic N) is 4. The molecule has 2 rings (SSSR count). The van der Waals surface area contributed by atoms with Gasteiger partial charge in [-0.3, -0.25) is 18.9 Å². The Labute approximate surface area is 122 Å². The third-order valence-electron chi connectivity index (χ3n) is 2.99. The Kier molecular flexibility index (Phi) is 4.36. The first kappa shape index (κ1) is 16.2. The summed E-state index contributed by atoms with van der Waals surface area (Å²) in [4.78, 5) is 45.1. The van der Waals surface area contributed by atoms with Crippen molar-refractivity contribution in [3.63, 3.8) is 0 Å². The zero-order chi connectivity index (χ0) is 16.4. The summed E-state index contributed by atoms with van der Waals surface area (Å²) in [7, 11) is -4.45. The van der Waals surface area contributed by atoms with Gasteiger partial charge in [-0.15, -0.1) is 0 Å². The van der Waals surface area contributed by atoms with Gasteiger partial charge in [0.15, 0.2) is 5.72 Å². The molecule has 1 aliphatic rings. The summed E-state index contributed by atoms with van der Waals surface area (Å²) in [6, 6.07) is 1.13. The minimum absolute atomic E-state index is 0.115. The average Bonchev–Trinajstić information content (AvgIpc) is 2.81. The van der Waals surface area contributed by atoms with Crippen molar-refractivity contribution in [1.29, 1.82) is 0 Å². The molecule has 2 atom stereocenters. The van der Waals surface area contributed by atoms with E-state index in [0.717, 1.165) is 16.7 Å². The molecular weight excluding hydrogens is 317 g/mol. The summed E-state index contributed by atoms with van der Waals surface area (Å²) in [5, 5.41) is 3.42. The van der Waals surface area contributed by atoms with Crippen LogP contribution in [0.15, 0.2) is 38.9 Å². The first-order valence-electron chi connectivity index (χ1n) is 6.06. The van der Waals surface area contributed by atoms with E-state index in [9.17, 15) is 14.2 Å². The molecule has 1 fully saturated rings. The minimum atomic E-state index is -4.45. The average molecular weight is 329 g/mol. The Balaban J connectivity index is 2.33. The summed E-state index contributed by atoms with van der Waals surface area (Å²) in [5.74, 6) is 0.583. The second-order valence-electron chi connectivity index (χ2n) is 4.57. The predicted molar refractivity (Wildman–Crippen MR) is 73.7 cm³/mol. The molecule has 3 N–H and O–H groups in total. The van der Waals surface area contributed by atoms with E-state index in [-0.39, 0.29) is 12.8 Å². The SMILES string of the molecule is [N-]=[N+]=N[C@@]1(/C=C/P(=O)(O)O)CC[C@H](n2ccc(=O)[nH]c2=O)O1. The summed E-state index contributed by atoms with van der Waals surface area (Å²) in [5.41, 5.74) is 5.73. The van der Waals surface area contributed by atoms with Crippen LogP contribution in [0.1, 0.15) is 19.1 Å². The van der Waals surface area contributed by atoms with Gasteiger partial charge in [-0.2, -0.15) is 0 Å². The summed E-state index contributed by atoms with van der Waals surface area (Å²) in [6.07, 6.45) is 1.73. The van der Waals surface area contributed by atoms with Gasteiger partial charge in [0.25, 0.3) is 5.56 Å². The number of azide groups is 1. The highest BCUT2D eigenvalue weighted by Gasteiger charge is 2.39. The van der Waals surface area contributed by atoms with Crippen LogP contribution in [-0.2, 0) is 9.30 Å². The summed E-state index contributed by atoms with van der Waals surface area (Å²) >= 11 is 0. The van der Waals surface area contributed by atoms with Crippen LogP contribution in [-0.4, -0.2) is 25.1 Å². The zero-order valence-electron chi connectivity index (χ0n) is 11.1. The molecule has 0 aliphatic carbocycles. The van der Waals surface area contributed by atoms with Gasteiger partial charge < -0.3 is 14.5 Å². The van der Waals surface area contributed by atoms with Crippen molar-refractivity contribution < 1.29 is 19.1 Å². The van der Waals surface area contributed by atoms with Crippen LogP contribution in [0, 0.1) is 0 Å². The van der Waals surface area contributed by atoms with Gasteiger partial charge in [0.2, 0.25) is 0 Å². The van der Waals surface area contributed by atoms with Gasteiger partial charge in [0.1, 0.15) is 6.23 Å². The maximum absolute atomic E-state index is 11.7. The van der Waals surface area contributed by atoms with Gasteiger partial charge in [0, 0.05) is 23.0 Å². The lowest BCUT2D eigenvalue weighted by molar-refractivity contribution is -0.0414. The second-order valence-corrected chi connectivity index (χ2v) is 6.04. The van der Waals surface area contributed by atoms with E-state index >= 15 is 0 Å². The molecule has 0 bridgehead atoms. The van der Waals surface area contributed by atoms with E-state index in [1.165, 1.54) is 6.20 Å². The van der Waals surface area contributed by atoms with Crippen LogP contribution in [0.4, 0.5) is 0 Å². The molecular formula is C10H12N5O6P. The van der Waals surface area contributed by atoms with E-state index in [4.69, 9.17) is 20.1 Å². The zero-order valence-corrected chi connectivity index (χ0v) is 12.0. The van der Waals surface area contributed by atoms with Crippen molar-refractivity contribution in [2.45, 2.75) is 24.8 Å². The lowest BCUT2D eigenvalue weighted by Crippen LogP contribution is -2.32. The van der Waals surface area contributed by atoms with Crippen LogP contribution < -0.4 is 11.2 Å². The molecule has 0 spiro atoms. The van der Waals surface area contributed by atoms with Crippen molar-refractivity contribution in [3.05, 3.63) is 55.4 Å². The maximum Gasteiger partial charge on any atom is 0.348 e. The van der Waals surface area contributed by atoms with Crippen molar-refractivity contribution in [2.75, 3.05) is 0 Å². The fourth-order valence-electron chi connectivity index (χ4n) is 2.05. The quantitative estimate of drug-likeness (QED) is 0.315. The van der Waals surface area contributed by atoms with Crippen LogP contribution in [0.3, 0.4) is 0 Å². The van der Waals surface area contributed by atoms with Crippen LogP contribution in [0.25, 0.3) is 10.4 Å². The molecule has 0 radical (unpaired) electrons. The smallest absolute Gasteiger partial charge is 0.341 e. The third-order valence-corrected chi connectivity index (χ3v) is 3.53. The molecule has 12 heteroatoms. The van der Waals surface area contributed by atoms with Gasteiger partial charge in [-0.1, -0.05) is 5.11 Å². The summed E-state index contributed by atoms with van der Waals surface area (Å²) in [6.45, 7) is 0. The number of aromatic nitrogens is 2. The van der Waals surface area contributed by atoms with E-state index < -0.39 is 30.8 Å². The Bertz CT molecular complexity index is 803. The number of nitrogens with one attached hydrogen (secondary N) is 1. The molecule has 0 unspecified atom stereocenters. The number of H-pyrrole nitrogens is 1. The Morgan fingerprint density at radius 2 is 2.32 bits per heavy atom. The molecule has 1 saturated heterocycles. The van der Waals surface area contributed by atoms with Crippen molar-refractivity contribution in [1.82, 2.24) is 9.55 Å². The molecule has 2 heterocycles. The number of ether oxygens (including phenoxy) is 1. The number of hydrogen-bond acceptors (Lipinski definition) is 5. The standard InChI is InChI=1S/C10H12N5O6P/c11-14-13-10(4-6-22(18,19)20)3-1-8(21-10)15-5-2-7(16)12-9(15)17/h2,4-6,8H,1,3H2,(H,12,16,17)(H2,18,19,20)/b6-4+/t8-,10+/m1/s1. The summed E-state index contributed by atoms with van der Waals surface area (Å²) < 4.78 is 17.5. The van der Waals surface area contributed by atoms with Crippen LogP contribution in [0.2, 0.25) is 0 Å². The Morgan fingerprint density at radius 3 is 2.91 bits per heavy atom. The largest absolute Gasteiger partial charge is 0.348 e. The molecule has 0 aromatic carbocycles. The second kappa shape index (κ2) is 5.91. The molecule has 22 heavy (non-hydrogen) atoms. The highest BCUT2D eigenvalue weighted by molar-refractivity contribution is 7.55. The highest BCUT2D eigenvalue weighted by atomic mass is 31.2. The number of rotatable bonds is 4. The van der Waals surface area contributed by atoms with Gasteiger partial charge in [-0.25, -0.2) is 4.79 Å². The van der Waals surface area contributed by atoms with E-state index in [1.807, 2.05) is 0 Å². The molecule has 1 aliphatic heterocycles. The van der Waals surface area contributed by atoms with Gasteiger partial charge >= 0.3 is 13.3 Å². The van der Waals surface area contributed by atoms with Crippen molar-refractivity contribution in [2.24, 2.45) is 5.11 Å². The Hall–Kier alpha value is -2.16. The molecule has 118 valence electrons. The highest BCUT2D eigenvalue weighted by Crippen LogP contribution is 2.42. The fourth-order valence-corrected chi connectivity index (χ4v) is 2.48. The maximum atomic E-state index is 11.7. The molecule has 1 aromatic heterocycles. The lowest BCUT2D eigenvalue weighted by Gasteiger charge is -2.21. The van der Waals surface area contributed by atoms with Crippen LogP contribution >= 0.6 is 7.60 Å². The third kappa shape index (κ3) is 3.73. The lowest BCUT2D eigenvalue weighted by atomic mass is 10.1. The van der Waals surface area contributed by atoms with Crippen molar-refractivity contribution >= 4 is 7.60 Å². The predicted octanol–water partition coefficient (Wildman–Crippen LogP) is 0.544. The van der Waals surface area contributed by atoms with E-state index in [0.29, 0.717) is 5.82 Å². The fraction of sp³-hybridized carbons (Fsp3) is 0.400. The first-order chi connectivity index (χ1) is 10.2. The topological polar surface area (TPSA) is 170 Å². The monoisotopic (exact) mass is 329 g/mol. The van der Waals surface area contributed by atoms with Crippen molar-refractivity contribution in [3.8, 4) is 0 Å². The minimum Gasteiger partial charge on any atom is -0.341 e. The van der Waals surface area contributed by atoms with E-state index in [2.05, 4.69) is 15.0 Å². The number of hydrogen-bond donors (Lipinski definition) is 3. The Morgan fingerprint density at radius 1 is 1.59 bits per heavy atom. The molecule has 11 nitrogen and oxygen atoms in total. The van der Waals surface area contributed by atoms with E-state index in [1.54, 1.807) is 0 Å². The van der Waals surface area contributed by atoms with Crippen LogP contribution in [0.5, 0.6) is 0 Å². The number of aromatic amines is 1. The van der Waals surface area contributed by atoms with Gasteiger partial charge in [-0.05, 0) is 24.4 Å². The molecule has 0 saturated carbocycles. The first-order valence-corrected chi connectivity index (χ1v) is 7.74.